The fourth-order valence-corrected chi connectivity index (χ4v) is 9.59. The third-order valence-electron chi connectivity index (χ3n) is 11.6. The molecule has 2 aromatic rings. The molecule has 0 bridgehead atoms. The van der Waals surface area contributed by atoms with Crippen molar-refractivity contribution in [2.45, 2.75) is 88.9 Å². The standard InChI is InChI=1S/C24H32O4.C8H6O4/c1-22-9-7-16(25)11-15(22)4-5-18-17(22)8-10-23(2)19(12-20-24(18,23)28-20)14-3-6-21(26)27-13-14;9-7(10)5-3-1-2-4-6(5)8(11)12/h3,6,13,15-20,25H,4-5,7-12H2,1-2H3;1-4H,(H,9,10)(H,11,12)/t15-,16+,17+,18-,19-,20-,22+,23-,24-;/m1./s1. The van der Waals surface area contributed by atoms with Gasteiger partial charge in [0, 0.05) is 11.5 Å². The molecule has 1 aromatic heterocycles. The van der Waals surface area contributed by atoms with Crippen LogP contribution in [0.25, 0.3) is 0 Å². The highest BCUT2D eigenvalue weighted by molar-refractivity contribution is 6.01. The van der Waals surface area contributed by atoms with Crippen molar-refractivity contribution in [3.8, 4) is 0 Å². The monoisotopic (exact) mass is 550 g/mol. The molecule has 8 nitrogen and oxygen atoms in total. The van der Waals surface area contributed by atoms with Crippen LogP contribution in [0.3, 0.4) is 0 Å². The summed E-state index contributed by atoms with van der Waals surface area (Å²) in [6.45, 7) is 4.97. The molecule has 5 fully saturated rings. The van der Waals surface area contributed by atoms with E-state index in [1.165, 1.54) is 61.9 Å². The number of carbonyl (C=O) groups is 2. The van der Waals surface area contributed by atoms with Gasteiger partial charge in [-0.3, -0.25) is 0 Å². The van der Waals surface area contributed by atoms with Gasteiger partial charge in [0.05, 0.1) is 29.6 Å². The molecule has 0 unspecified atom stereocenters. The highest BCUT2D eigenvalue weighted by atomic mass is 16.6. The molecule has 2 heterocycles. The second-order valence-electron chi connectivity index (χ2n) is 13.1. The first-order chi connectivity index (χ1) is 19.0. The molecule has 1 spiro atoms. The predicted molar refractivity (Wildman–Crippen MR) is 145 cm³/mol. The van der Waals surface area contributed by atoms with Crippen LogP contribution in [0.4, 0.5) is 0 Å². The molecule has 8 heteroatoms. The SMILES string of the molecule is C[C@]12CC[C@H](O)C[C@H]1CC[C@@H]1[C@@H]2CC[C@]2(C)[C@@H](c3ccc(=O)oc3)C[C@H]3O[C@]132.O=C(O)c1ccccc1C(=O)O. The van der Waals surface area contributed by atoms with Gasteiger partial charge in [0.25, 0.3) is 0 Å². The summed E-state index contributed by atoms with van der Waals surface area (Å²) in [5.41, 5.74) is 1.06. The first-order valence-electron chi connectivity index (χ1n) is 14.5. The lowest BCUT2D eigenvalue weighted by atomic mass is 9.44. The van der Waals surface area contributed by atoms with Crippen LogP contribution in [0.5, 0.6) is 0 Å². The molecule has 214 valence electrons. The van der Waals surface area contributed by atoms with Crippen LogP contribution >= 0.6 is 0 Å². The van der Waals surface area contributed by atoms with Crippen molar-refractivity contribution in [1.29, 1.82) is 0 Å². The minimum Gasteiger partial charge on any atom is -0.478 e. The second-order valence-corrected chi connectivity index (χ2v) is 13.1. The number of carboxylic acid groups (broad SMARTS) is 2. The summed E-state index contributed by atoms with van der Waals surface area (Å²) < 4.78 is 11.8. The molecule has 1 saturated heterocycles. The van der Waals surface area contributed by atoms with Crippen LogP contribution in [0.1, 0.15) is 97.4 Å². The number of aliphatic hydroxyl groups excluding tert-OH is 1. The zero-order valence-corrected chi connectivity index (χ0v) is 23.0. The van der Waals surface area contributed by atoms with Crippen LogP contribution in [0.15, 0.2) is 51.9 Å². The number of ether oxygens (including phenoxy) is 1. The number of aliphatic hydroxyl groups is 1. The van der Waals surface area contributed by atoms with E-state index in [-0.39, 0.29) is 33.9 Å². The van der Waals surface area contributed by atoms with E-state index in [4.69, 9.17) is 19.4 Å². The Balaban J connectivity index is 0.000000204. The van der Waals surface area contributed by atoms with Crippen molar-refractivity contribution < 1.29 is 34.1 Å². The van der Waals surface area contributed by atoms with Crippen LogP contribution < -0.4 is 5.63 Å². The summed E-state index contributed by atoms with van der Waals surface area (Å²) >= 11 is 0. The quantitative estimate of drug-likeness (QED) is 0.436. The molecule has 3 N–H and O–H groups in total. The minimum absolute atomic E-state index is 0.0285. The van der Waals surface area contributed by atoms with Gasteiger partial charge >= 0.3 is 17.6 Å². The van der Waals surface area contributed by atoms with Gasteiger partial charge < -0.3 is 24.5 Å². The third kappa shape index (κ3) is 3.97. The van der Waals surface area contributed by atoms with Crippen molar-refractivity contribution in [3.05, 3.63) is 69.8 Å². The molecular weight excluding hydrogens is 512 g/mol. The van der Waals surface area contributed by atoms with Crippen molar-refractivity contribution in [1.82, 2.24) is 0 Å². The molecule has 5 aliphatic rings. The number of hydrogen-bond donors (Lipinski definition) is 3. The predicted octanol–water partition coefficient (Wildman–Crippen LogP) is 5.34. The van der Waals surface area contributed by atoms with E-state index in [0.717, 1.165) is 25.2 Å². The highest BCUT2D eigenvalue weighted by Gasteiger charge is 2.80. The van der Waals surface area contributed by atoms with E-state index in [0.29, 0.717) is 29.3 Å². The third-order valence-corrected chi connectivity index (χ3v) is 11.6. The maximum Gasteiger partial charge on any atom is 0.336 e. The topological polar surface area (TPSA) is 138 Å². The van der Waals surface area contributed by atoms with Gasteiger partial charge in [-0.25, -0.2) is 14.4 Å². The smallest absolute Gasteiger partial charge is 0.336 e. The Bertz CT molecular complexity index is 1330. The fourth-order valence-electron chi connectivity index (χ4n) is 9.59. The van der Waals surface area contributed by atoms with Crippen LogP contribution in [0, 0.1) is 28.6 Å². The summed E-state index contributed by atoms with van der Waals surface area (Å²) in [6, 6.07) is 9.03. The van der Waals surface area contributed by atoms with Crippen LogP contribution in [0.2, 0.25) is 0 Å². The molecule has 1 aliphatic heterocycles. The maximum atomic E-state index is 11.4. The number of aromatic carboxylic acids is 2. The molecular formula is C32H38O8. The summed E-state index contributed by atoms with van der Waals surface area (Å²) in [5.74, 6) is 0.0186. The van der Waals surface area contributed by atoms with E-state index in [1.54, 1.807) is 12.3 Å². The lowest BCUT2D eigenvalue weighted by molar-refractivity contribution is -0.139. The molecule has 0 amide bonds. The van der Waals surface area contributed by atoms with Crippen molar-refractivity contribution in [2.75, 3.05) is 0 Å². The summed E-state index contributed by atoms with van der Waals surface area (Å²) in [5, 5.41) is 27.3. The van der Waals surface area contributed by atoms with Crippen LogP contribution in [-0.4, -0.2) is 45.1 Å². The average Bonchev–Trinajstić information content (AvgIpc) is 3.59. The number of carboxylic acids is 2. The average molecular weight is 551 g/mol. The highest BCUT2D eigenvalue weighted by Crippen LogP contribution is 2.77. The molecule has 9 atom stereocenters. The van der Waals surface area contributed by atoms with Crippen LogP contribution in [-0.2, 0) is 4.74 Å². The van der Waals surface area contributed by atoms with Gasteiger partial charge in [0.15, 0.2) is 0 Å². The molecule has 4 saturated carbocycles. The number of rotatable bonds is 3. The molecule has 1 aromatic carbocycles. The van der Waals surface area contributed by atoms with E-state index < -0.39 is 11.9 Å². The number of epoxide rings is 1. The Morgan fingerprint density at radius 1 is 0.875 bits per heavy atom. The van der Waals surface area contributed by atoms with Gasteiger partial charge in [0.2, 0.25) is 0 Å². The van der Waals surface area contributed by atoms with Gasteiger partial charge in [-0.1, -0.05) is 26.0 Å². The molecule has 0 radical (unpaired) electrons. The summed E-state index contributed by atoms with van der Waals surface area (Å²) in [4.78, 5) is 32.4. The Labute approximate surface area is 233 Å². The lowest BCUT2D eigenvalue weighted by Gasteiger charge is -2.61. The number of hydrogen-bond acceptors (Lipinski definition) is 6. The fraction of sp³-hybridized carbons (Fsp3) is 0.594. The largest absolute Gasteiger partial charge is 0.478 e. The first kappa shape index (κ1) is 27.2. The van der Waals surface area contributed by atoms with Gasteiger partial charge in [-0.15, -0.1) is 0 Å². The maximum absolute atomic E-state index is 11.4. The first-order valence-corrected chi connectivity index (χ1v) is 14.5. The van der Waals surface area contributed by atoms with E-state index in [1.807, 2.05) is 6.07 Å². The minimum atomic E-state index is -1.23. The summed E-state index contributed by atoms with van der Waals surface area (Å²) in [6.07, 6.45) is 11.1. The number of fused-ring (bicyclic) bond motifs is 3. The Morgan fingerprint density at radius 3 is 2.20 bits per heavy atom. The normalized spacial score (nSPS) is 40.8. The van der Waals surface area contributed by atoms with E-state index in [2.05, 4.69) is 13.8 Å². The Hall–Kier alpha value is -2.97. The van der Waals surface area contributed by atoms with Gasteiger partial charge in [-0.2, -0.15) is 0 Å². The van der Waals surface area contributed by atoms with Crippen molar-refractivity contribution >= 4 is 11.9 Å². The molecule has 7 rings (SSSR count). The lowest BCUT2D eigenvalue weighted by Crippen LogP contribution is -2.58. The summed E-state index contributed by atoms with van der Waals surface area (Å²) in [7, 11) is 0. The van der Waals surface area contributed by atoms with Crippen molar-refractivity contribution in [3.63, 3.8) is 0 Å². The zero-order valence-electron chi connectivity index (χ0n) is 23.0. The zero-order chi connectivity index (χ0) is 28.4. The Morgan fingerprint density at radius 2 is 1.57 bits per heavy atom. The van der Waals surface area contributed by atoms with Crippen molar-refractivity contribution in [2.24, 2.45) is 28.6 Å². The van der Waals surface area contributed by atoms with Gasteiger partial charge in [0.1, 0.15) is 5.60 Å². The van der Waals surface area contributed by atoms with E-state index >= 15 is 0 Å². The van der Waals surface area contributed by atoms with Gasteiger partial charge in [-0.05, 0) is 104 Å². The second kappa shape index (κ2) is 9.55. The molecule has 40 heavy (non-hydrogen) atoms. The molecule has 4 aliphatic carbocycles. The Kier molecular flexibility index (Phi) is 6.50. The number of benzene rings is 1. The van der Waals surface area contributed by atoms with E-state index in [9.17, 15) is 19.5 Å².